The molecule has 0 saturated carbocycles. The van der Waals surface area contributed by atoms with Gasteiger partial charge in [-0.2, -0.15) is 4.31 Å². The number of carbonyl (C=O) groups is 1. The third-order valence-corrected chi connectivity index (χ3v) is 6.38. The van der Waals surface area contributed by atoms with Gasteiger partial charge in [0.1, 0.15) is 0 Å². The first kappa shape index (κ1) is 16.2. The van der Waals surface area contributed by atoms with Gasteiger partial charge in [-0.05, 0) is 30.5 Å². The molecular weight excluding hydrogens is 318 g/mol. The van der Waals surface area contributed by atoms with Gasteiger partial charge in [0.2, 0.25) is 10.0 Å². The van der Waals surface area contributed by atoms with Gasteiger partial charge in [-0.15, -0.1) is 0 Å². The molecule has 0 unspecified atom stereocenters. The summed E-state index contributed by atoms with van der Waals surface area (Å²) < 4.78 is 32.8. The van der Waals surface area contributed by atoms with Gasteiger partial charge in [0.25, 0.3) is 0 Å². The van der Waals surface area contributed by atoms with Gasteiger partial charge >= 0.3 is 5.97 Å². The van der Waals surface area contributed by atoms with E-state index < -0.39 is 21.5 Å². The molecule has 2 aliphatic rings. The number of hydrogen-bond acceptors (Lipinski definition) is 4. The molecule has 1 fully saturated rings. The van der Waals surface area contributed by atoms with Crippen molar-refractivity contribution in [2.45, 2.75) is 29.7 Å². The Morgan fingerprint density at radius 1 is 1.22 bits per heavy atom. The number of aliphatic carboxylic acids is 1. The number of benzene rings is 1. The van der Waals surface area contributed by atoms with Crippen molar-refractivity contribution in [2.75, 3.05) is 19.8 Å². The van der Waals surface area contributed by atoms with E-state index in [1.807, 2.05) is 12.2 Å². The predicted molar refractivity (Wildman–Crippen MR) is 83.6 cm³/mol. The maximum absolute atomic E-state index is 13.0. The number of ether oxygens (including phenoxy) is 1. The number of carboxylic acid groups (broad SMARTS) is 1. The lowest BCUT2D eigenvalue weighted by molar-refractivity contribution is -0.136. The number of sulfonamides is 1. The molecule has 0 radical (unpaired) electrons. The quantitative estimate of drug-likeness (QED) is 0.840. The van der Waals surface area contributed by atoms with E-state index in [0.717, 1.165) is 0 Å². The third kappa shape index (κ3) is 3.04. The van der Waals surface area contributed by atoms with Crippen LogP contribution in [0.3, 0.4) is 0 Å². The first-order chi connectivity index (χ1) is 10.9. The van der Waals surface area contributed by atoms with E-state index >= 15 is 0 Å². The zero-order valence-electron chi connectivity index (χ0n) is 12.6. The second-order valence-corrected chi connectivity index (χ2v) is 7.73. The van der Waals surface area contributed by atoms with Crippen molar-refractivity contribution in [1.82, 2.24) is 4.31 Å². The van der Waals surface area contributed by atoms with Crippen LogP contribution in [-0.2, 0) is 26.0 Å². The average Bonchev–Trinajstić information content (AvgIpc) is 2.92. The summed E-state index contributed by atoms with van der Waals surface area (Å²) in [6, 6.07) is 6.08. The molecule has 6 nitrogen and oxygen atoms in total. The standard InChI is InChI=1S/C16H19NO5S/c18-15(19)12-13-2-4-14(5-3-13)23(20,21)17-9-1-6-16(17)7-10-22-11-8-16/h1-6H,7-12H2,(H,18,19). The summed E-state index contributed by atoms with van der Waals surface area (Å²) in [4.78, 5) is 10.9. The zero-order valence-corrected chi connectivity index (χ0v) is 13.5. The van der Waals surface area contributed by atoms with Crippen molar-refractivity contribution in [2.24, 2.45) is 0 Å². The predicted octanol–water partition coefficient (Wildman–Crippen LogP) is 1.42. The average molecular weight is 337 g/mol. The van der Waals surface area contributed by atoms with Crippen molar-refractivity contribution in [3.05, 3.63) is 42.0 Å². The lowest BCUT2D eigenvalue weighted by Crippen LogP contribution is -2.50. The van der Waals surface area contributed by atoms with Crippen molar-refractivity contribution < 1.29 is 23.1 Å². The molecule has 124 valence electrons. The van der Waals surface area contributed by atoms with Crippen molar-refractivity contribution >= 4 is 16.0 Å². The van der Waals surface area contributed by atoms with Gasteiger partial charge in [-0.3, -0.25) is 4.79 Å². The first-order valence-corrected chi connectivity index (χ1v) is 8.97. The SMILES string of the molecule is O=C(O)Cc1ccc(S(=O)(=O)N2CC=CC23CCOCC3)cc1. The van der Waals surface area contributed by atoms with Crippen LogP contribution in [0.2, 0.25) is 0 Å². The number of carboxylic acids is 1. The van der Waals surface area contributed by atoms with E-state index in [2.05, 4.69) is 0 Å². The van der Waals surface area contributed by atoms with Crippen LogP contribution >= 0.6 is 0 Å². The fourth-order valence-corrected chi connectivity index (χ4v) is 4.93. The minimum Gasteiger partial charge on any atom is -0.481 e. The molecule has 0 aliphatic carbocycles. The van der Waals surface area contributed by atoms with E-state index in [-0.39, 0.29) is 11.3 Å². The second-order valence-electron chi connectivity index (χ2n) is 5.87. The number of hydrogen-bond donors (Lipinski definition) is 1. The summed E-state index contributed by atoms with van der Waals surface area (Å²) in [6.07, 6.45) is 5.06. The summed E-state index contributed by atoms with van der Waals surface area (Å²) in [7, 11) is -3.62. The Bertz CT molecular complexity index is 717. The fourth-order valence-electron chi connectivity index (χ4n) is 3.19. The Hall–Kier alpha value is -1.70. The van der Waals surface area contributed by atoms with Crippen LogP contribution in [0.1, 0.15) is 18.4 Å². The summed E-state index contributed by atoms with van der Waals surface area (Å²) in [5.74, 6) is -0.939. The monoisotopic (exact) mass is 337 g/mol. The smallest absolute Gasteiger partial charge is 0.307 e. The topological polar surface area (TPSA) is 83.9 Å². The summed E-state index contributed by atoms with van der Waals surface area (Å²) in [6.45, 7) is 1.46. The maximum atomic E-state index is 13.0. The molecule has 1 aromatic carbocycles. The van der Waals surface area contributed by atoms with Gasteiger partial charge in [0.05, 0.1) is 16.9 Å². The molecule has 1 saturated heterocycles. The van der Waals surface area contributed by atoms with Gasteiger partial charge in [0, 0.05) is 19.8 Å². The first-order valence-electron chi connectivity index (χ1n) is 7.53. The molecule has 0 bridgehead atoms. The second kappa shape index (κ2) is 6.07. The summed E-state index contributed by atoms with van der Waals surface area (Å²) in [5, 5.41) is 8.79. The van der Waals surface area contributed by atoms with E-state index in [1.165, 1.54) is 16.4 Å². The number of rotatable bonds is 4. The maximum Gasteiger partial charge on any atom is 0.307 e. The molecule has 0 atom stereocenters. The van der Waals surface area contributed by atoms with E-state index in [4.69, 9.17) is 9.84 Å². The van der Waals surface area contributed by atoms with Crippen LogP contribution in [0.5, 0.6) is 0 Å². The minimum absolute atomic E-state index is 0.118. The van der Waals surface area contributed by atoms with E-state index in [1.54, 1.807) is 12.1 Å². The lowest BCUT2D eigenvalue weighted by Gasteiger charge is -2.39. The molecule has 7 heteroatoms. The molecular formula is C16H19NO5S. The zero-order chi connectivity index (χ0) is 16.5. The highest BCUT2D eigenvalue weighted by atomic mass is 32.2. The van der Waals surface area contributed by atoms with Gasteiger partial charge in [0.15, 0.2) is 0 Å². The van der Waals surface area contributed by atoms with E-state index in [9.17, 15) is 13.2 Å². The summed E-state index contributed by atoms with van der Waals surface area (Å²) in [5.41, 5.74) is 0.0911. The Balaban J connectivity index is 1.87. The Labute approximate surface area is 135 Å². The van der Waals surface area contributed by atoms with E-state index in [0.29, 0.717) is 38.2 Å². The van der Waals surface area contributed by atoms with Crippen LogP contribution in [0.15, 0.2) is 41.3 Å². The fraction of sp³-hybridized carbons (Fsp3) is 0.438. The summed E-state index contributed by atoms with van der Waals surface area (Å²) >= 11 is 0. The van der Waals surface area contributed by atoms with Crippen LogP contribution in [0.25, 0.3) is 0 Å². The molecule has 1 spiro atoms. The largest absolute Gasteiger partial charge is 0.481 e. The lowest BCUT2D eigenvalue weighted by atomic mass is 9.92. The van der Waals surface area contributed by atoms with Crippen LogP contribution in [0.4, 0.5) is 0 Å². The van der Waals surface area contributed by atoms with Gasteiger partial charge in [-0.25, -0.2) is 8.42 Å². The molecule has 2 aliphatic heterocycles. The van der Waals surface area contributed by atoms with Crippen LogP contribution in [0, 0.1) is 0 Å². The highest BCUT2D eigenvalue weighted by molar-refractivity contribution is 7.89. The number of nitrogens with zero attached hydrogens (tertiary/aromatic N) is 1. The molecule has 23 heavy (non-hydrogen) atoms. The van der Waals surface area contributed by atoms with Crippen LogP contribution < -0.4 is 0 Å². The highest BCUT2D eigenvalue weighted by Gasteiger charge is 2.45. The molecule has 2 heterocycles. The molecule has 1 N–H and O–H groups in total. The Morgan fingerprint density at radius 2 is 1.87 bits per heavy atom. The Morgan fingerprint density at radius 3 is 2.48 bits per heavy atom. The normalized spacial score (nSPS) is 20.9. The minimum atomic E-state index is -3.62. The molecule has 0 amide bonds. The van der Waals surface area contributed by atoms with Gasteiger partial charge in [-0.1, -0.05) is 24.3 Å². The van der Waals surface area contributed by atoms with Crippen molar-refractivity contribution in [1.29, 1.82) is 0 Å². The molecule has 3 rings (SSSR count). The van der Waals surface area contributed by atoms with Crippen molar-refractivity contribution in [3.8, 4) is 0 Å². The third-order valence-electron chi connectivity index (χ3n) is 4.42. The Kier molecular flexibility index (Phi) is 4.27. The molecule has 1 aromatic rings. The van der Waals surface area contributed by atoms with Gasteiger partial charge < -0.3 is 9.84 Å². The van der Waals surface area contributed by atoms with Crippen LogP contribution in [-0.4, -0.2) is 49.1 Å². The molecule has 0 aromatic heterocycles. The highest BCUT2D eigenvalue weighted by Crippen LogP contribution is 2.37. The van der Waals surface area contributed by atoms with Crippen molar-refractivity contribution in [3.63, 3.8) is 0 Å².